The van der Waals surface area contributed by atoms with Gasteiger partial charge in [0.15, 0.2) is 0 Å². The quantitative estimate of drug-likeness (QED) is 0.312. The molecule has 0 bridgehead atoms. The van der Waals surface area contributed by atoms with E-state index in [-0.39, 0.29) is 18.8 Å². The number of rotatable bonds is 2. The van der Waals surface area contributed by atoms with Gasteiger partial charge in [-0.25, -0.2) is 14.6 Å². The van der Waals surface area contributed by atoms with Gasteiger partial charge < -0.3 is 5.43 Å². The average Bonchev–Trinajstić information content (AvgIpc) is 2.15. The Hall–Kier alpha value is -0.710. The summed E-state index contributed by atoms with van der Waals surface area (Å²) in [5.41, 5.74) is 2.51. The molecule has 5 heteroatoms. The standard InChI is InChI=1S/C9H17F2N3/c1-2-13-8(14-12)7-3-5-9(10,11)6-4-7/h7H,2-6,12H2,1H3,(H,13,14). The maximum Gasteiger partial charge on any atom is 0.248 e. The third-order valence-corrected chi connectivity index (χ3v) is 2.58. The number of nitrogens with two attached hydrogens (primary N) is 1. The number of hydrogen-bond donors (Lipinski definition) is 2. The van der Waals surface area contributed by atoms with Crippen LogP contribution < -0.4 is 11.3 Å². The van der Waals surface area contributed by atoms with Crippen LogP contribution in [0, 0.1) is 5.92 Å². The number of amidine groups is 1. The zero-order valence-electron chi connectivity index (χ0n) is 8.39. The Bertz CT molecular complexity index is 206. The van der Waals surface area contributed by atoms with E-state index in [1.807, 2.05) is 6.92 Å². The van der Waals surface area contributed by atoms with Crippen molar-refractivity contribution in [1.29, 1.82) is 0 Å². The van der Waals surface area contributed by atoms with Gasteiger partial charge in [-0.05, 0) is 19.8 Å². The van der Waals surface area contributed by atoms with Crippen molar-refractivity contribution in [3.8, 4) is 0 Å². The van der Waals surface area contributed by atoms with Crippen LogP contribution in [0.1, 0.15) is 32.6 Å². The molecule has 3 nitrogen and oxygen atoms in total. The van der Waals surface area contributed by atoms with Gasteiger partial charge in [0, 0.05) is 25.3 Å². The van der Waals surface area contributed by atoms with Crippen LogP contribution in [0.2, 0.25) is 0 Å². The van der Waals surface area contributed by atoms with Crippen molar-refractivity contribution >= 4 is 5.84 Å². The fourth-order valence-electron chi connectivity index (χ4n) is 1.78. The first-order chi connectivity index (χ1) is 6.59. The van der Waals surface area contributed by atoms with Crippen molar-refractivity contribution in [3.05, 3.63) is 0 Å². The molecule has 0 saturated heterocycles. The highest BCUT2D eigenvalue weighted by Crippen LogP contribution is 2.36. The van der Waals surface area contributed by atoms with Gasteiger partial charge in [0.1, 0.15) is 5.84 Å². The third kappa shape index (κ3) is 2.90. The molecule has 1 saturated carbocycles. The molecule has 82 valence electrons. The molecule has 0 radical (unpaired) electrons. The Labute approximate surface area is 82.7 Å². The molecule has 3 N–H and O–H groups in total. The minimum absolute atomic E-state index is 0.0535. The Morgan fingerprint density at radius 2 is 2.07 bits per heavy atom. The zero-order valence-corrected chi connectivity index (χ0v) is 8.39. The van der Waals surface area contributed by atoms with E-state index in [9.17, 15) is 8.78 Å². The lowest BCUT2D eigenvalue weighted by atomic mass is 9.86. The van der Waals surface area contributed by atoms with Crippen LogP contribution in [0.4, 0.5) is 8.78 Å². The van der Waals surface area contributed by atoms with Gasteiger partial charge in [-0.2, -0.15) is 0 Å². The highest BCUT2D eigenvalue weighted by atomic mass is 19.3. The number of nitrogens with zero attached hydrogens (tertiary/aromatic N) is 1. The molecule has 1 fully saturated rings. The summed E-state index contributed by atoms with van der Waals surface area (Å²) in [6.07, 6.45) is 0.830. The van der Waals surface area contributed by atoms with Crippen LogP contribution in [-0.2, 0) is 0 Å². The molecule has 0 spiro atoms. The molecule has 0 aromatic rings. The Balaban J connectivity index is 2.52. The summed E-state index contributed by atoms with van der Waals surface area (Å²) < 4.78 is 25.7. The highest BCUT2D eigenvalue weighted by Gasteiger charge is 2.36. The largest absolute Gasteiger partial charge is 0.312 e. The van der Waals surface area contributed by atoms with Gasteiger partial charge in [-0.1, -0.05) is 0 Å². The number of hydrazine groups is 1. The molecule has 0 unspecified atom stereocenters. The smallest absolute Gasteiger partial charge is 0.248 e. The number of hydrogen-bond acceptors (Lipinski definition) is 2. The van der Waals surface area contributed by atoms with Crippen molar-refractivity contribution in [2.45, 2.75) is 38.5 Å². The van der Waals surface area contributed by atoms with Crippen molar-refractivity contribution in [1.82, 2.24) is 5.43 Å². The number of halogens is 2. The van der Waals surface area contributed by atoms with Crippen molar-refractivity contribution in [3.63, 3.8) is 0 Å². The van der Waals surface area contributed by atoms with Gasteiger partial charge in [0.2, 0.25) is 5.92 Å². The summed E-state index contributed by atoms with van der Waals surface area (Å²) >= 11 is 0. The molecule has 0 amide bonds. The SMILES string of the molecule is CCN=C(NN)C1CCC(F)(F)CC1. The van der Waals surface area contributed by atoms with E-state index in [2.05, 4.69) is 10.4 Å². The molecule has 0 atom stereocenters. The molecule has 0 aliphatic heterocycles. The summed E-state index contributed by atoms with van der Waals surface area (Å²) in [5, 5.41) is 0. The summed E-state index contributed by atoms with van der Waals surface area (Å²) in [7, 11) is 0. The Morgan fingerprint density at radius 3 is 2.50 bits per heavy atom. The number of alkyl halides is 2. The topological polar surface area (TPSA) is 50.4 Å². The van der Waals surface area contributed by atoms with Crippen LogP contribution in [0.25, 0.3) is 0 Å². The summed E-state index contributed by atoms with van der Waals surface area (Å²) in [6, 6.07) is 0. The van der Waals surface area contributed by atoms with Gasteiger partial charge in [0.05, 0.1) is 0 Å². The third-order valence-electron chi connectivity index (χ3n) is 2.58. The summed E-state index contributed by atoms with van der Waals surface area (Å²) in [4.78, 5) is 4.15. The molecule has 1 aliphatic carbocycles. The van der Waals surface area contributed by atoms with Crippen LogP contribution in [-0.4, -0.2) is 18.3 Å². The van der Waals surface area contributed by atoms with Crippen molar-refractivity contribution < 1.29 is 8.78 Å². The van der Waals surface area contributed by atoms with Gasteiger partial charge in [-0.3, -0.25) is 4.99 Å². The summed E-state index contributed by atoms with van der Waals surface area (Å²) in [6.45, 7) is 2.53. The lowest BCUT2D eigenvalue weighted by Crippen LogP contribution is -2.39. The van der Waals surface area contributed by atoms with Gasteiger partial charge >= 0.3 is 0 Å². The maximum atomic E-state index is 12.8. The average molecular weight is 205 g/mol. The number of aliphatic imine (C=N–C) groups is 1. The lowest BCUT2D eigenvalue weighted by Gasteiger charge is -2.28. The highest BCUT2D eigenvalue weighted by molar-refractivity contribution is 5.84. The van der Waals surface area contributed by atoms with Crippen LogP contribution >= 0.6 is 0 Å². The first kappa shape index (κ1) is 11.4. The minimum atomic E-state index is -2.48. The van der Waals surface area contributed by atoms with Gasteiger partial charge in [0.25, 0.3) is 0 Å². The fraction of sp³-hybridized carbons (Fsp3) is 0.889. The number of nitrogens with one attached hydrogen (secondary N) is 1. The Kier molecular flexibility index (Phi) is 3.80. The van der Waals surface area contributed by atoms with Crippen LogP contribution in [0.15, 0.2) is 4.99 Å². The normalized spacial score (nSPS) is 23.6. The van der Waals surface area contributed by atoms with E-state index in [0.717, 1.165) is 0 Å². The van der Waals surface area contributed by atoms with E-state index >= 15 is 0 Å². The molecule has 0 aromatic carbocycles. The van der Waals surface area contributed by atoms with Crippen LogP contribution in [0.3, 0.4) is 0 Å². The molecule has 1 rings (SSSR count). The maximum absolute atomic E-state index is 12.8. The van der Waals surface area contributed by atoms with Gasteiger partial charge in [-0.15, -0.1) is 0 Å². The van der Waals surface area contributed by atoms with Crippen LogP contribution in [0.5, 0.6) is 0 Å². The lowest BCUT2D eigenvalue weighted by molar-refractivity contribution is -0.0396. The molecule has 0 heterocycles. The first-order valence-corrected chi connectivity index (χ1v) is 4.98. The molecular formula is C9H17F2N3. The van der Waals surface area contributed by atoms with E-state index in [1.54, 1.807) is 0 Å². The zero-order chi connectivity index (χ0) is 10.6. The van der Waals surface area contributed by atoms with E-state index < -0.39 is 5.92 Å². The van der Waals surface area contributed by atoms with E-state index in [4.69, 9.17) is 5.84 Å². The van der Waals surface area contributed by atoms with Crippen molar-refractivity contribution in [2.75, 3.05) is 6.54 Å². The summed E-state index contributed by atoms with van der Waals surface area (Å²) in [5.74, 6) is 3.56. The molecule has 0 aromatic heterocycles. The first-order valence-electron chi connectivity index (χ1n) is 4.98. The second-order valence-corrected chi connectivity index (χ2v) is 3.63. The predicted octanol–water partition coefficient (Wildman–Crippen LogP) is 1.69. The molecular weight excluding hydrogens is 188 g/mol. The monoisotopic (exact) mass is 205 g/mol. The second kappa shape index (κ2) is 4.68. The molecule has 14 heavy (non-hydrogen) atoms. The molecule has 1 aliphatic rings. The predicted molar refractivity (Wildman–Crippen MR) is 52.2 cm³/mol. The fourth-order valence-corrected chi connectivity index (χ4v) is 1.78. The minimum Gasteiger partial charge on any atom is -0.312 e. The Morgan fingerprint density at radius 1 is 1.50 bits per heavy atom. The van der Waals surface area contributed by atoms with E-state index in [1.165, 1.54) is 0 Å². The van der Waals surface area contributed by atoms with Crippen molar-refractivity contribution in [2.24, 2.45) is 16.8 Å². The van der Waals surface area contributed by atoms with E-state index in [0.29, 0.717) is 25.2 Å². The second-order valence-electron chi connectivity index (χ2n) is 3.63.